The van der Waals surface area contributed by atoms with Crippen LogP contribution < -0.4 is 19.6 Å². The van der Waals surface area contributed by atoms with Crippen LogP contribution in [0.5, 0.6) is 17.2 Å². The largest absolute Gasteiger partial charge is 0.493 e. The minimum Gasteiger partial charge on any atom is -0.493 e. The highest BCUT2D eigenvalue weighted by Crippen LogP contribution is 2.33. The van der Waals surface area contributed by atoms with Gasteiger partial charge in [-0.15, -0.1) is 0 Å². The summed E-state index contributed by atoms with van der Waals surface area (Å²) in [5.41, 5.74) is 3.86. The lowest BCUT2D eigenvalue weighted by Crippen LogP contribution is -2.18. The lowest BCUT2D eigenvalue weighted by atomic mass is 10.2. The highest BCUT2D eigenvalue weighted by molar-refractivity contribution is 9.11. The van der Waals surface area contributed by atoms with E-state index in [-0.39, 0.29) is 12.4 Å². The van der Waals surface area contributed by atoms with Crippen LogP contribution in [0.3, 0.4) is 0 Å². The Morgan fingerprint density at radius 1 is 1.09 bits per heavy atom. The number of carbonyl (C=O) groups is 1. The zero-order valence-electron chi connectivity index (χ0n) is 17.9. The van der Waals surface area contributed by atoms with Crippen LogP contribution in [-0.4, -0.2) is 25.8 Å². The van der Waals surface area contributed by atoms with E-state index in [2.05, 4.69) is 42.4 Å². The number of hydrogen-bond donors (Lipinski definition) is 1. The molecule has 0 aliphatic rings. The summed E-state index contributed by atoms with van der Waals surface area (Å²) in [6.45, 7) is 2.32. The molecule has 0 unspecified atom stereocenters. The number of halogens is 3. The number of methoxy groups -OCH3 is 1. The Kier molecular flexibility index (Phi) is 8.85. The van der Waals surface area contributed by atoms with Crippen LogP contribution in [0, 0.1) is 5.82 Å². The van der Waals surface area contributed by atoms with Crippen molar-refractivity contribution in [2.45, 2.75) is 13.5 Å². The van der Waals surface area contributed by atoms with Crippen LogP contribution in [0.15, 0.2) is 68.6 Å². The van der Waals surface area contributed by atoms with Crippen LogP contribution >= 0.6 is 31.9 Å². The van der Waals surface area contributed by atoms with Crippen molar-refractivity contribution >= 4 is 44.0 Å². The van der Waals surface area contributed by atoms with Crippen molar-refractivity contribution in [3.8, 4) is 17.2 Å². The minimum absolute atomic E-state index is 0.0339. The van der Waals surface area contributed by atoms with Crippen LogP contribution in [0.1, 0.15) is 28.4 Å². The van der Waals surface area contributed by atoms with Gasteiger partial charge in [-0.2, -0.15) is 5.10 Å². The number of benzene rings is 3. The molecular weight excluding hydrogens is 559 g/mol. The molecule has 3 aromatic rings. The lowest BCUT2D eigenvalue weighted by Gasteiger charge is -2.12. The molecule has 3 aromatic carbocycles. The Bertz CT molecular complexity index is 1170. The van der Waals surface area contributed by atoms with Gasteiger partial charge in [0.15, 0.2) is 11.5 Å². The van der Waals surface area contributed by atoms with Gasteiger partial charge >= 0.3 is 0 Å². The molecule has 1 amide bonds. The number of nitrogens with one attached hydrogen (secondary N) is 1. The molecule has 0 aromatic heterocycles. The fourth-order valence-electron chi connectivity index (χ4n) is 2.91. The quantitative estimate of drug-likeness (QED) is 0.246. The van der Waals surface area contributed by atoms with Crippen molar-refractivity contribution in [3.05, 3.63) is 86.1 Å². The van der Waals surface area contributed by atoms with Crippen LogP contribution in [0.25, 0.3) is 0 Å². The maximum Gasteiger partial charge on any atom is 0.271 e. The lowest BCUT2D eigenvalue weighted by molar-refractivity contribution is 0.0954. The topological polar surface area (TPSA) is 69.2 Å². The third kappa shape index (κ3) is 6.55. The number of nitrogens with zero attached hydrogens (tertiary/aromatic N) is 1. The Morgan fingerprint density at radius 3 is 2.61 bits per heavy atom. The normalized spacial score (nSPS) is 10.8. The SMILES string of the molecule is CCOc1cc(C(=O)N/N=C/c2cc(Br)cc(Br)c2OCc2ccccc2F)ccc1OC. The van der Waals surface area contributed by atoms with Crippen molar-refractivity contribution < 1.29 is 23.4 Å². The molecule has 0 saturated carbocycles. The second kappa shape index (κ2) is 11.8. The molecule has 0 atom stereocenters. The molecule has 6 nitrogen and oxygen atoms in total. The number of hydrazone groups is 1. The zero-order valence-corrected chi connectivity index (χ0v) is 21.1. The second-order valence-corrected chi connectivity index (χ2v) is 8.45. The summed E-state index contributed by atoms with van der Waals surface area (Å²) >= 11 is 6.89. The average molecular weight is 580 g/mol. The molecule has 0 aliphatic carbocycles. The first-order chi connectivity index (χ1) is 15.9. The van der Waals surface area contributed by atoms with Gasteiger partial charge in [0.1, 0.15) is 18.2 Å². The maximum atomic E-state index is 13.9. The van der Waals surface area contributed by atoms with E-state index in [4.69, 9.17) is 14.2 Å². The predicted octanol–water partition coefficient (Wildman–Crippen LogP) is 6.10. The Balaban J connectivity index is 1.76. The van der Waals surface area contributed by atoms with Gasteiger partial charge in [-0.3, -0.25) is 4.79 Å². The zero-order chi connectivity index (χ0) is 23.8. The standard InChI is InChI=1S/C24H21Br2FN2O4/c1-3-32-22-11-15(8-9-21(22)31-2)24(30)29-28-13-17-10-18(25)12-19(26)23(17)33-14-16-6-4-5-7-20(16)27/h4-13H,3,14H2,1-2H3,(H,29,30)/b28-13+. The summed E-state index contributed by atoms with van der Waals surface area (Å²) in [7, 11) is 1.53. The summed E-state index contributed by atoms with van der Waals surface area (Å²) < 4.78 is 32.0. The van der Waals surface area contributed by atoms with Crippen molar-refractivity contribution in [3.63, 3.8) is 0 Å². The summed E-state index contributed by atoms with van der Waals surface area (Å²) in [6, 6.07) is 14.8. The first-order valence-electron chi connectivity index (χ1n) is 9.92. The predicted molar refractivity (Wildman–Crippen MR) is 132 cm³/mol. The molecule has 0 spiro atoms. The van der Waals surface area contributed by atoms with Crippen molar-refractivity contribution in [1.29, 1.82) is 0 Å². The van der Waals surface area contributed by atoms with Crippen molar-refractivity contribution in [2.24, 2.45) is 5.10 Å². The van der Waals surface area contributed by atoms with Gasteiger partial charge in [0.2, 0.25) is 0 Å². The molecule has 0 fully saturated rings. The van der Waals surface area contributed by atoms with Gasteiger partial charge in [0.05, 0.1) is 24.4 Å². The molecule has 0 saturated heterocycles. The molecule has 1 N–H and O–H groups in total. The van der Waals surface area contributed by atoms with E-state index in [1.54, 1.807) is 48.5 Å². The fraction of sp³-hybridized carbons (Fsp3) is 0.167. The van der Waals surface area contributed by atoms with E-state index in [1.807, 2.05) is 6.92 Å². The van der Waals surface area contributed by atoms with E-state index in [0.29, 0.717) is 45.0 Å². The number of amides is 1. The molecule has 172 valence electrons. The monoisotopic (exact) mass is 578 g/mol. The van der Waals surface area contributed by atoms with Gasteiger partial charge in [0, 0.05) is 21.2 Å². The molecule has 0 heterocycles. The van der Waals surface area contributed by atoms with Crippen LogP contribution in [0.2, 0.25) is 0 Å². The number of carbonyl (C=O) groups excluding carboxylic acids is 1. The number of rotatable bonds is 9. The van der Waals surface area contributed by atoms with Gasteiger partial charge in [-0.1, -0.05) is 34.1 Å². The van der Waals surface area contributed by atoms with Crippen molar-refractivity contribution in [1.82, 2.24) is 5.43 Å². The molecule has 33 heavy (non-hydrogen) atoms. The Labute approximate surface area is 208 Å². The van der Waals surface area contributed by atoms with E-state index >= 15 is 0 Å². The highest BCUT2D eigenvalue weighted by atomic mass is 79.9. The molecular formula is C24H21Br2FN2O4. The van der Waals surface area contributed by atoms with Gasteiger partial charge in [-0.25, -0.2) is 9.82 Å². The smallest absolute Gasteiger partial charge is 0.271 e. The third-order valence-corrected chi connectivity index (χ3v) is 5.51. The highest BCUT2D eigenvalue weighted by Gasteiger charge is 2.13. The Hall–Kier alpha value is -2.91. The molecule has 0 radical (unpaired) electrons. The van der Waals surface area contributed by atoms with Gasteiger partial charge in [0.25, 0.3) is 5.91 Å². The van der Waals surface area contributed by atoms with E-state index in [0.717, 1.165) is 4.47 Å². The Morgan fingerprint density at radius 2 is 1.88 bits per heavy atom. The van der Waals surface area contributed by atoms with Crippen LogP contribution in [-0.2, 0) is 6.61 Å². The summed E-state index contributed by atoms with van der Waals surface area (Å²) in [5.74, 6) is 0.698. The maximum absolute atomic E-state index is 13.9. The van der Waals surface area contributed by atoms with Gasteiger partial charge < -0.3 is 14.2 Å². The van der Waals surface area contributed by atoms with E-state index in [1.165, 1.54) is 19.4 Å². The second-order valence-electron chi connectivity index (χ2n) is 6.68. The number of hydrogen-bond acceptors (Lipinski definition) is 5. The first-order valence-corrected chi connectivity index (χ1v) is 11.5. The number of ether oxygens (including phenoxy) is 3. The summed E-state index contributed by atoms with van der Waals surface area (Å²) in [4.78, 5) is 12.5. The molecule has 0 aliphatic heterocycles. The fourth-order valence-corrected chi connectivity index (χ4v) is 4.28. The minimum atomic E-state index is -0.419. The molecule has 9 heteroatoms. The van der Waals surface area contributed by atoms with Crippen molar-refractivity contribution in [2.75, 3.05) is 13.7 Å². The first kappa shape index (κ1) is 24.7. The third-order valence-electron chi connectivity index (χ3n) is 4.46. The summed E-state index contributed by atoms with van der Waals surface area (Å²) in [6.07, 6.45) is 1.46. The van der Waals surface area contributed by atoms with Crippen LogP contribution in [0.4, 0.5) is 4.39 Å². The molecule has 0 bridgehead atoms. The average Bonchev–Trinajstić information content (AvgIpc) is 2.79. The molecule has 3 rings (SSSR count). The summed E-state index contributed by atoms with van der Waals surface area (Å²) in [5, 5.41) is 4.06. The van der Waals surface area contributed by atoms with E-state index < -0.39 is 5.91 Å². The van der Waals surface area contributed by atoms with E-state index in [9.17, 15) is 9.18 Å². The van der Waals surface area contributed by atoms with Gasteiger partial charge in [-0.05, 0) is 59.3 Å².